The highest BCUT2D eigenvalue weighted by Crippen LogP contribution is 2.23. The van der Waals surface area contributed by atoms with Crippen molar-refractivity contribution in [2.75, 3.05) is 7.11 Å². The van der Waals surface area contributed by atoms with Gasteiger partial charge in [0.1, 0.15) is 11.6 Å². The summed E-state index contributed by atoms with van der Waals surface area (Å²) in [5.41, 5.74) is 3.06. The van der Waals surface area contributed by atoms with Gasteiger partial charge in [-0.1, -0.05) is 12.1 Å². The van der Waals surface area contributed by atoms with E-state index in [1.807, 2.05) is 0 Å². The molecule has 1 unspecified atom stereocenters. The van der Waals surface area contributed by atoms with Crippen molar-refractivity contribution in [2.45, 2.75) is 12.5 Å². The molecule has 0 saturated carbocycles. The van der Waals surface area contributed by atoms with E-state index in [2.05, 4.69) is 12.0 Å². The molecule has 1 aromatic carbocycles. The van der Waals surface area contributed by atoms with E-state index >= 15 is 0 Å². The Hall–Kier alpha value is -1.39. The third-order valence-corrected chi connectivity index (χ3v) is 2.19. The molecule has 3 nitrogen and oxygen atoms in total. The van der Waals surface area contributed by atoms with E-state index in [4.69, 9.17) is 10.6 Å². The summed E-state index contributed by atoms with van der Waals surface area (Å²) in [6.45, 7) is 3.59. The molecule has 0 aliphatic rings. The number of nitrogens with one attached hydrogen (secondary N) is 1. The Morgan fingerprint density at radius 2 is 2.40 bits per heavy atom. The van der Waals surface area contributed by atoms with E-state index in [1.165, 1.54) is 13.2 Å². The molecule has 1 aromatic rings. The Labute approximate surface area is 88.7 Å². The van der Waals surface area contributed by atoms with Crippen molar-refractivity contribution in [2.24, 2.45) is 5.84 Å². The largest absolute Gasteiger partial charge is 0.497 e. The van der Waals surface area contributed by atoms with Gasteiger partial charge in [-0.3, -0.25) is 11.3 Å². The van der Waals surface area contributed by atoms with E-state index < -0.39 is 0 Å². The van der Waals surface area contributed by atoms with Crippen LogP contribution in [-0.2, 0) is 0 Å². The van der Waals surface area contributed by atoms with Crippen molar-refractivity contribution < 1.29 is 9.13 Å². The van der Waals surface area contributed by atoms with Crippen LogP contribution in [0.4, 0.5) is 4.39 Å². The molecule has 0 fully saturated rings. The van der Waals surface area contributed by atoms with Gasteiger partial charge in [0.25, 0.3) is 0 Å². The third kappa shape index (κ3) is 2.78. The average Bonchev–Trinajstić information content (AvgIpc) is 2.26. The van der Waals surface area contributed by atoms with Gasteiger partial charge in [-0.25, -0.2) is 4.39 Å². The van der Waals surface area contributed by atoms with Crippen molar-refractivity contribution in [1.82, 2.24) is 5.43 Å². The molecule has 0 bridgehead atoms. The van der Waals surface area contributed by atoms with Gasteiger partial charge >= 0.3 is 0 Å². The van der Waals surface area contributed by atoms with Crippen LogP contribution < -0.4 is 16.0 Å². The van der Waals surface area contributed by atoms with Gasteiger partial charge in [-0.05, 0) is 12.5 Å². The summed E-state index contributed by atoms with van der Waals surface area (Å²) in [5, 5.41) is 0. The number of nitrogens with two attached hydrogens (primary N) is 1. The van der Waals surface area contributed by atoms with Crippen LogP contribution in [-0.4, -0.2) is 7.11 Å². The number of ether oxygens (including phenoxy) is 1. The summed E-state index contributed by atoms with van der Waals surface area (Å²) in [5.74, 6) is 5.49. The van der Waals surface area contributed by atoms with Crippen LogP contribution >= 0.6 is 0 Å². The number of halogens is 1. The second-order valence-corrected chi connectivity index (χ2v) is 3.13. The molecule has 0 amide bonds. The molecule has 4 heteroatoms. The summed E-state index contributed by atoms with van der Waals surface area (Å²) in [6, 6.07) is 4.44. The zero-order chi connectivity index (χ0) is 11.3. The van der Waals surface area contributed by atoms with Gasteiger partial charge in [0.05, 0.1) is 13.2 Å². The highest BCUT2D eigenvalue weighted by atomic mass is 19.1. The van der Waals surface area contributed by atoms with Gasteiger partial charge in [-0.2, -0.15) is 0 Å². The first-order valence-electron chi connectivity index (χ1n) is 4.63. The van der Waals surface area contributed by atoms with Crippen LogP contribution in [0.3, 0.4) is 0 Å². The first-order valence-corrected chi connectivity index (χ1v) is 4.63. The zero-order valence-corrected chi connectivity index (χ0v) is 8.66. The molecule has 0 aromatic heterocycles. The Morgan fingerprint density at radius 1 is 1.67 bits per heavy atom. The maximum Gasteiger partial charge on any atom is 0.131 e. The van der Waals surface area contributed by atoms with Crippen LogP contribution in [0.25, 0.3) is 0 Å². The summed E-state index contributed by atoms with van der Waals surface area (Å²) < 4.78 is 18.5. The molecule has 0 radical (unpaired) electrons. The topological polar surface area (TPSA) is 47.3 Å². The Morgan fingerprint density at radius 3 is 2.87 bits per heavy atom. The fraction of sp³-hybridized carbons (Fsp3) is 0.273. The van der Waals surface area contributed by atoms with Crippen molar-refractivity contribution in [3.05, 3.63) is 42.2 Å². The lowest BCUT2D eigenvalue weighted by Gasteiger charge is -2.15. The molecule has 15 heavy (non-hydrogen) atoms. The second-order valence-electron chi connectivity index (χ2n) is 3.13. The summed E-state index contributed by atoms with van der Waals surface area (Å²) in [7, 11) is 1.50. The number of hydrogen-bond donors (Lipinski definition) is 2. The second kappa shape index (κ2) is 5.48. The van der Waals surface area contributed by atoms with E-state index in [0.29, 0.717) is 17.7 Å². The predicted molar refractivity (Wildman–Crippen MR) is 57.8 cm³/mol. The molecule has 0 spiro atoms. The van der Waals surface area contributed by atoms with Crippen LogP contribution in [0.15, 0.2) is 30.9 Å². The fourth-order valence-electron chi connectivity index (χ4n) is 1.37. The highest BCUT2D eigenvalue weighted by Gasteiger charge is 2.13. The number of methoxy groups -OCH3 is 1. The van der Waals surface area contributed by atoms with Gasteiger partial charge in [0.2, 0.25) is 0 Å². The van der Waals surface area contributed by atoms with Crippen molar-refractivity contribution >= 4 is 0 Å². The predicted octanol–water partition coefficient (Wildman–Crippen LogP) is 1.91. The number of hydrogen-bond acceptors (Lipinski definition) is 3. The number of rotatable bonds is 5. The normalized spacial score (nSPS) is 12.2. The average molecular weight is 210 g/mol. The van der Waals surface area contributed by atoms with Crippen molar-refractivity contribution in [3.63, 3.8) is 0 Å². The molecular formula is C11H15FN2O. The Bertz CT molecular complexity index is 341. The van der Waals surface area contributed by atoms with Gasteiger partial charge in [0.15, 0.2) is 0 Å². The Balaban J connectivity index is 2.97. The standard InChI is InChI=1S/C11H15FN2O/c1-3-4-11(14-13)9-6-5-8(15-2)7-10(9)12/h3,5-7,11,14H,1,4,13H2,2H3. The highest BCUT2D eigenvalue weighted by molar-refractivity contribution is 5.31. The molecule has 82 valence electrons. The van der Waals surface area contributed by atoms with Crippen molar-refractivity contribution in [1.29, 1.82) is 0 Å². The molecule has 0 aliphatic carbocycles. The maximum atomic E-state index is 13.6. The smallest absolute Gasteiger partial charge is 0.131 e. The monoisotopic (exact) mass is 210 g/mol. The van der Waals surface area contributed by atoms with Crippen LogP contribution in [0.2, 0.25) is 0 Å². The zero-order valence-electron chi connectivity index (χ0n) is 8.66. The quantitative estimate of drug-likeness (QED) is 0.443. The van der Waals surface area contributed by atoms with Crippen LogP contribution in [0, 0.1) is 5.82 Å². The van der Waals surface area contributed by atoms with Gasteiger partial charge in [-0.15, -0.1) is 6.58 Å². The minimum Gasteiger partial charge on any atom is -0.497 e. The molecule has 0 heterocycles. The minimum absolute atomic E-state index is 0.256. The SMILES string of the molecule is C=CCC(NN)c1ccc(OC)cc1F. The lowest BCUT2D eigenvalue weighted by atomic mass is 10.0. The Kier molecular flexibility index (Phi) is 4.27. The minimum atomic E-state index is -0.334. The molecule has 0 saturated heterocycles. The first kappa shape index (κ1) is 11.7. The summed E-state index contributed by atoms with van der Waals surface area (Å²) in [6.07, 6.45) is 2.26. The third-order valence-electron chi connectivity index (χ3n) is 2.19. The molecular weight excluding hydrogens is 195 g/mol. The summed E-state index contributed by atoms with van der Waals surface area (Å²) >= 11 is 0. The lowest BCUT2D eigenvalue weighted by molar-refractivity contribution is 0.409. The molecule has 1 rings (SSSR count). The van der Waals surface area contributed by atoms with E-state index in [-0.39, 0.29) is 11.9 Å². The van der Waals surface area contributed by atoms with Crippen LogP contribution in [0.1, 0.15) is 18.0 Å². The summed E-state index contributed by atoms with van der Waals surface area (Å²) in [4.78, 5) is 0. The molecule has 3 N–H and O–H groups in total. The van der Waals surface area contributed by atoms with E-state index in [0.717, 1.165) is 0 Å². The van der Waals surface area contributed by atoms with Gasteiger partial charge in [0, 0.05) is 11.6 Å². The maximum absolute atomic E-state index is 13.6. The fourth-order valence-corrected chi connectivity index (χ4v) is 1.37. The van der Waals surface area contributed by atoms with E-state index in [9.17, 15) is 4.39 Å². The number of hydrazine groups is 1. The lowest BCUT2D eigenvalue weighted by Crippen LogP contribution is -2.28. The van der Waals surface area contributed by atoms with Gasteiger partial charge < -0.3 is 4.74 Å². The first-order chi connectivity index (χ1) is 7.22. The number of benzene rings is 1. The van der Waals surface area contributed by atoms with Crippen molar-refractivity contribution in [3.8, 4) is 5.75 Å². The van der Waals surface area contributed by atoms with E-state index in [1.54, 1.807) is 18.2 Å². The molecule has 0 aliphatic heterocycles. The molecule has 1 atom stereocenters. The van der Waals surface area contributed by atoms with Crippen LogP contribution in [0.5, 0.6) is 5.75 Å².